The summed E-state index contributed by atoms with van der Waals surface area (Å²) >= 11 is 0. The Kier molecular flexibility index (Phi) is 6.11. The van der Waals surface area contributed by atoms with Gasteiger partial charge in [-0.1, -0.05) is 32.0 Å². The van der Waals surface area contributed by atoms with Crippen LogP contribution < -0.4 is 0 Å². The molecule has 0 unspecified atom stereocenters. The van der Waals surface area contributed by atoms with Gasteiger partial charge in [0.25, 0.3) is 0 Å². The molecule has 2 aromatic carbocycles. The number of rotatable bonds is 5. The zero-order valence-corrected chi connectivity index (χ0v) is 12.8. The molecule has 0 aliphatic rings. The molecule has 0 aliphatic heterocycles. The van der Waals surface area contributed by atoms with Gasteiger partial charge in [0.2, 0.25) is 0 Å². The van der Waals surface area contributed by atoms with E-state index in [2.05, 4.69) is 18.7 Å². The largest absolute Gasteiger partial charge is 0.507 e. The molecule has 0 spiro atoms. The molecule has 0 radical (unpaired) electrons. The third kappa shape index (κ3) is 3.35. The van der Waals surface area contributed by atoms with Crippen molar-refractivity contribution in [3.8, 4) is 11.5 Å². The fourth-order valence-electron chi connectivity index (χ4n) is 2.47. The molecule has 3 nitrogen and oxygen atoms in total. The van der Waals surface area contributed by atoms with Gasteiger partial charge >= 0.3 is 0 Å². The number of nitrogens with zero attached hydrogens (tertiary/aromatic N) is 1. The molecule has 110 valence electrons. The van der Waals surface area contributed by atoms with E-state index in [1.165, 1.54) is 0 Å². The Morgan fingerprint density at radius 1 is 0.950 bits per heavy atom. The van der Waals surface area contributed by atoms with Crippen LogP contribution >= 0.6 is 12.4 Å². The lowest BCUT2D eigenvalue weighted by molar-refractivity contribution is 0.308. The van der Waals surface area contributed by atoms with Gasteiger partial charge in [-0.05, 0) is 37.2 Å². The maximum absolute atomic E-state index is 10.0. The molecule has 0 heterocycles. The van der Waals surface area contributed by atoms with Crippen LogP contribution in [0.3, 0.4) is 0 Å². The number of phenolic OH excluding ortho intramolecular Hbond substituents is 2. The van der Waals surface area contributed by atoms with E-state index in [1.54, 1.807) is 18.2 Å². The van der Waals surface area contributed by atoms with E-state index in [-0.39, 0.29) is 23.9 Å². The fourth-order valence-corrected chi connectivity index (χ4v) is 2.47. The second-order valence-corrected chi connectivity index (χ2v) is 4.72. The van der Waals surface area contributed by atoms with E-state index < -0.39 is 0 Å². The van der Waals surface area contributed by atoms with Crippen molar-refractivity contribution in [3.05, 3.63) is 35.9 Å². The van der Waals surface area contributed by atoms with Gasteiger partial charge in [-0.15, -0.1) is 12.4 Å². The molecule has 2 N–H and O–H groups in total. The second-order valence-electron chi connectivity index (χ2n) is 4.72. The molecule has 20 heavy (non-hydrogen) atoms. The number of halogens is 1. The number of likely N-dealkylation sites (N-methyl/N-ethyl adjacent to an activating group) is 1. The predicted octanol–water partition coefficient (Wildman–Crippen LogP) is 3.56. The molecule has 0 saturated carbocycles. The Hall–Kier alpha value is -1.45. The first-order chi connectivity index (χ1) is 9.17. The third-order valence-electron chi connectivity index (χ3n) is 3.67. The highest BCUT2D eigenvalue weighted by atomic mass is 35.5. The quantitative estimate of drug-likeness (QED) is 0.886. The van der Waals surface area contributed by atoms with Crippen molar-refractivity contribution in [1.82, 2.24) is 4.90 Å². The predicted molar refractivity (Wildman–Crippen MR) is 86.0 cm³/mol. The molecule has 2 rings (SSSR count). The van der Waals surface area contributed by atoms with Gasteiger partial charge in [-0.25, -0.2) is 0 Å². The Labute approximate surface area is 126 Å². The minimum atomic E-state index is 0. The summed E-state index contributed by atoms with van der Waals surface area (Å²) in [5, 5.41) is 21.4. The van der Waals surface area contributed by atoms with Crippen LogP contribution in [-0.2, 0) is 6.42 Å². The summed E-state index contributed by atoms with van der Waals surface area (Å²) in [6.07, 6.45) is 0.871. The maximum atomic E-state index is 10.0. The van der Waals surface area contributed by atoms with Crippen LogP contribution in [0.2, 0.25) is 0 Å². The standard InChI is InChI=1S/C16H21NO2.ClH/c1-3-17(4-2)11-10-12-8-9-14(18)13-6-5-7-15(19)16(12)13;/h5-9,18-19H,3-4,10-11H2,1-2H3;1H. The van der Waals surface area contributed by atoms with Gasteiger partial charge in [0.05, 0.1) is 0 Å². The Morgan fingerprint density at radius 2 is 1.65 bits per heavy atom. The summed E-state index contributed by atoms with van der Waals surface area (Å²) in [7, 11) is 0. The highest BCUT2D eigenvalue weighted by Gasteiger charge is 2.10. The summed E-state index contributed by atoms with van der Waals surface area (Å²) < 4.78 is 0. The molecule has 0 amide bonds. The Balaban J connectivity index is 0.00000200. The number of hydrogen-bond acceptors (Lipinski definition) is 3. The van der Waals surface area contributed by atoms with E-state index in [0.717, 1.165) is 42.4 Å². The molecule has 0 bridgehead atoms. The highest BCUT2D eigenvalue weighted by Crippen LogP contribution is 2.33. The van der Waals surface area contributed by atoms with Crippen molar-refractivity contribution in [2.45, 2.75) is 20.3 Å². The second kappa shape index (κ2) is 7.36. The molecule has 0 aliphatic carbocycles. The Morgan fingerprint density at radius 3 is 2.30 bits per heavy atom. The van der Waals surface area contributed by atoms with Crippen molar-refractivity contribution < 1.29 is 10.2 Å². The van der Waals surface area contributed by atoms with Crippen LogP contribution in [0.15, 0.2) is 30.3 Å². The van der Waals surface area contributed by atoms with Crippen molar-refractivity contribution >= 4 is 23.2 Å². The normalized spacial score (nSPS) is 10.8. The first kappa shape index (κ1) is 16.6. The number of hydrogen-bond donors (Lipinski definition) is 2. The maximum Gasteiger partial charge on any atom is 0.123 e. The molecule has 0 saturated heterocycles. The van der Waals surface area contributed by atoms with Gasteiger partial charge in [0.15, 0.2) is 0 Å². The summed E-state index contributed by atoms with van der Waals surface area (Å²) in [5.74, 6) is 0.459. The molecular weight excluding hydrogens is 274 g/mol. The number of aromatic hydroxyl groups is 2. The van der Waals surface area contributed by atoms with Gasteiger partial charge in [0.1, 0.15) is 11.5 Å². The summed E-state index contributed by atoms with van der Waals surface area (Å²) in [4.78, 5) is 2.35. The summed E-state index contributed by atoms with van der Waals surface area (Å²) in [6.45, 7) is 7.31. The lowest BCUT2D eigenvalue weighted by Crippen LogP contribution is -2.25. The van der Waals surface area contributed by atoms with Gasteiger partial charge in [0, 0.05) is 17.3 Å². The first-order valence-electron chi connectivity index (χ1n) is 6.82. The molecule has 0 fully saturated rings. The number of benzene rings is 2. The van der Waals surface area contributed by atoms with Crippen molar-refractivity contribution in [1.29, 1.82) is 0 Å². The van der Waals surface area contributed by atoms with Crippen molar-refractivity contribution in [2.24, 2.45) is 0 Å². The number of phenols is 2. The first-order valence-corrected chi connectivity index (χ1v) is 6.82. The van der Waals surface area contributed by atoms with Gasteiger partial charge in [-0.2, -0.15) is 0 Å². The van der Waals surface area contributed by atoms with E-state index in [1.807, 2.05) is 12.1 Å². The van der Waals surface area contributed by atoms with Crippen LogP contribution in [0.5, 0.6) is 11.5 Å². The van der Waals surface area contributed by atoms with Crippen LogP contribution in [-0.4, -0.2) is 34.7 Å². The van der Waals surface area contributed by atoms with E-state index in [4.69, 9.17) is 0 Å². The van der Waals surface area contributed by atoms with E-state index in [9.17, 15) is 10.2 Å². The van der Waals surface area contributed by atoms with Crippen LogP contribution in [0, 0.1) is 0 Å². The topological polar surface area (TPSA) is 43.7 Å². The molecule has 0 atom stereocenters. The van der Waals surface area contributed by atoms with E-state index in [0.29, 0.717) is 0 Å². The van der Waals surface area contributed by atoms with Gasteiger partial charge in [-0.3, -0.25) is 0 Å². The zero-order chi connectivity index (χ0) is 13.8. The summed E-state index contributed by atoms with van der Waals surface area (Å²) in [6, 6.07) is 8.87. The van der Waals surface area contributed by atoms with E-state index >= 15 is 0 Å². The number of fused-ring (bicyclic) bond motifs is 1. The minimum absolute atomic E-state index is 0. The fraction of sp³-hybridized carbons (Fsp3) is 0.375. The molecule has 2 aromatic rings. The van der Waals surface area contributed by atoms with Crippen LogP contribution in [0.1, 0.15) is 19.4 Å². The average molecular weight is 296 g/mol. The van der Waals surface area contributed by atoms with Crippen molar-refractivity contribution in [3.63, 3.8) is 0 Å². The molecular formula is C16H22ClNO2. The Bertz CT molecular complexity index is 568. The molecule has 0 aromatic heterocycles. The molecule has 4 heteroatoms. The summed E-state index contributed by atoms with van der Waals surface area (Å²) in [5.41, 5.74) is 1.08. The van der Waals surface area contributed by atoms with Gasteiger partial charge < -0.3 is 15.1 Å². The van der Waals surface area contributed by atoms with Crippen LogP contribution in [0.4, 0.5) is 0 Å². The zero-order valence-electron chi connectivity index (χ0n) is 12.0. The average Bonchev–Trinajstić information content (AvgIpc) is 2.42. The lowest BCUT2D eigenvalue weighted by atomic mass is 10.00. The third-order valence-corrected chi connectivity index (χ3v) is 3.67. The minimum Gasteiger partial charge on any atom is -0.507 e. The monoisotopic (exact) mass is 295 g/mol. The smallest absolute Gasteiger partial charge is 0.123 e. The SMILES string of the molecule is CCN(CC)CCc1ccc(O)c2cccc(O)c12.Cl. The van der Waals surface area contributed by atoms with Crippen LogP contribution in [0.25, 0.3) is 10.8 Å². The highest BCUT2D eigenvalue weighted by molar-refractivity contribution is 5.95. The lowest BCUT2D eigenvalue weighted by Gasteiger charge is -2.18. The van der Waals surface area contributed by atoms with Crippen molar-refractivity contribution in [2.75, 3.05) is 19.6 Å².